The van der Waals surface area contributed by atoms with Gasteiger partial charge in [-0.05, 0) is 38.0 Å². The number of rotatable bonds is 4. The molecule has 0 spiro atoms. The lowest BCUT2D eigenvalue weighted by Gasteiger charge is -2.23. The maximum atomic E-state index is 13.6. The van der Waals surface area contributed by atoms with Crippen LogP contribution in [0.25, 0.3) is 11.0 Å². The van der Waals surface area contributed by atoms with E-state index in [1.165, 1.54) is 6.07 Å². The molecule has 0 bridgehead atoms. The topological polar surface area (TPSA) is 27.1 Å². The van der Waals surface area contributed by atoms with E-state index in [9.17, 15) is 4.39 Å². The van der Waals surface area contributed by atoms with Gasteiger partial charge in [0.15, 0.2) is 0 Å². The minimum atomic E-state index is -0.240. The monoisotopic (exact) mass is 296 g/mol. The quantitative estimate of drug-likeness (QED) is 0.805. The van der Waals surface area contributed by atoms with Crippen LogP contribution in [-0.4, -0.2) is 28.1 Å². The predicted molar refractivity (Wildman–Crippen MR) is 77.8 cm³/mol. The molecular formula is C15H18ClFN2O. The summed E-state index contributed by atoms with van der Waals surface area (Å²) in [5, 5.41) is 0. The smallest absolute Gasteiger partial charge is 0.125 e. The molecule has 0 aliphatic carbocycles. The van der Waals surface area contributed by atoms with Crippen LogP contribution in [0.2, 0.25) is 0 Å². The molecule has 1 aliphatic rings. The molecule has 2 heterocycles. The minimum Gasteiger partial charge on any atom is -0.376 e. The summed E-state index contributed by atoms with van der Waals surface area (Å²) < 4.78 is 21.4. The van der Waals surface area contributed by atoms with Gasteiger partial charge in [0.05, 0.1) is 23.2 Å². The lowest BCUT2D eigenvalue weighted by molar-refractivity contribution is 0.0736. The van der Waals surface area contributed by atoms with Crippen LogP contribution in [-0.2, 0) is 11.2 Å². The first-order valence-electron chi connectivity index (χ1n) is 7.04. The Balaban J connectivity index is 2.09. The summed E-state index contributed by atoms with van der Waals surface area (Å²) in [6.07, 6.45) is 2.97. The van der Waals surface area contributed by atoms with Gasteiger partial charge in [-0.3, -0.25) is 0 Å². The number of hydrogen-bond donors (Lipinski definition) is 0. The van der Waals surface area contributed by atoms with Gasteiger partial charge in [-0.25, -0.2) is 9.37 Å². The van der Waals surface area contributed by atoms with E-state index >= 15 is 0 Å². The summed E-state index contributed by atoms with van der Waals surface area (Å²) in [6.45, 7) is 2.92. The van der Waals surface area contributed by atoms with Gasteiger partial charge in [-0.15, -0.1) is 11.6 Å². The minimum absolute atomic E-state index is 0.141. The van der Waals surface area contributed by atoms with E-state index in [0.29, 0.717) is 12.3 Å². The lowest BCUT2D eigenvalue weighted by atomic mass is 10.1. The number of benzene rings is 1. The van der Waals surface area contributed by atoms with Crippen LogP contribution in [0.1, 0.15) is 31.6 Å². The predicted octanol–water partition coefficient (Wildman–Crippen LogP) is 3.70. The fourth-order valence-corrected chi connectivity index (χ4v) is 3.15. The average Bonchev–Trinajstić information content (AvgIpc) is 3.05. The van der Waals surface area contributed by atoms with Gasteiger partial charge in [0.2, 0.25) is 0 Å². The number of alkyl halides is 1. The Bertz CT molecular complexity index is 607. The number of hydrogen-bond acceptors (Lipinski definition) is 2. The number of aryl methyl sites for hydroxylation is 1. The molecule has 1 aliphatic heterocycles. The van der Waals surface area contributed by atoms with Crippen LogP contribution in [0.15, 0.2) is 18.2 Å². The van der Waals surface area contributed by atoms with E-state index in [2.05, 4.69) is 16.5 Å². The van der Waals surface area contributed by atoms with Crippen molar-refractivity contribution in [2.24, 2.45) is 0 Å². The van der Waals surface area contributed by atoms with Gasteiger partial charge in [-0.1, -0.05) is 0 Å². The van der Waals surface area contributed by atoms with Crippen LogP contribution < -0.4 is 0 Å². The first-order valence-corrected chi connectivity index (χ1v) is 7.58. The zero-order chi connectivity index (χ0) is 14.1. The molecule has 0 N–H and O–H groups in total. The largest absolute Gasteiger partial charge is 0.376 e. The van der Waals surface area contributed by atoms with Gasteiger partial charge in [0.1, 0.15) is 11.6 Å². The molecule has 3 rings (SSSR count). The molecule has 108 valence electrons. The third-order valence-electron chi connectivity index (χ3n) is 3.95. The highest BCUT2D eigenvalue weighted by Gasteiger charge is 2.26. The second kappa shape index (κ2) is 5.70. The van der Waals surface area contributed by atoms with Gasteiger partial charge in [0, 0.05) is 18.9 Å². The summed E-state index contributed by atoms with van der Waals surface area (Å²) in [4.78, 5) is 4.59. The van der Waals surface area contributed by atoms with Crippen molar-refractivity contribution in [3.05, 3.63) is 29.8 Å². The second-order valence-corrected chi connectivity index (χ2v) is 5.64. The number of nitrogens with zero attached hydrogens (tertiary/aromatic N) is 2. The molecule has 1 aromatic carbocycles. The summed E-state index contributed by atoms with van der Waals surface area (Å²) in [7, 11) is 0. The first kappa shape index (κ1) is 13.8. The molecule has 0 amide bonds. The van der Waals surface area contributed by atoms with Crippen molar-refractivity contribution in [3.8, 4) is 0 Å². The molecule has 20 heavy (non-hydrogen) atoms. The van der Waals surface area contributed by atoms with E-state index in [-0.39, 0.29) is 18.0 Å². The van der Waals surface area contributed by atoms with Gasteiger partial charge < -0.3 is 9.30 Å². The third kappa shape index (κ3) is 2.42. The molecule has 0 radical (unpaired) electrons. The average molecular weight is 297 g/mol. The van der Waals surface area contributed by atoms with Gasteiger partial charge >= 0.3 is 0 Å². The summed E-state index contributed by atoms with van der Waals surface area (Å²) >= 11 is 5.87. The Morgan fingerprint density at radius 3 is 3.10 bits per heavy atom. The van der Waals surface area contributed by atoms with Crippen molar-refractivity contribution in [3.63, 3.8) is 0 Å². The molecule has 1 fully saturated rings. The van der Waals surface area contributed by atoms with Crippen molar-refractivity contribution < 1.29 is 9.13 Å². The van der Waals surface area contributed by atoms with E-state index in [1.54, 1.807) is 12.1 Å². The Morgan fingerprint density at radius 1 is 1.55 bits per heavy atom. The van der Waals surface area contributed by atoms with Crippen LogP contribution in [0.3, 0.4) is 0 Å². The maximum absolute atomic E-state index is 13.6. The number of imidazole rings is 1. The normalized spacial score (nSPS) is 20.6. The standard InChI is InChI=1S/C15H18ClFN2O/c1-10(14-3-2-8-20-14)19-13-9-11(17)4-5-12(13)18-15(19)6-7-16/h4-5,9-10,14H,2-3,6-8H2,1H3. The van der Waals surface area contributed by atoms with Crippen molar-refractivity contribution in [1.29, 1.82) is 0 Å². The SMILES string of the molecule is CC(C1CCCO1)n1c(CCCl)nc2ccc(F)cc21. The number of fused-ring (bicyclic) bond motifs is 1. The summed E-state index contributed by atoms with van der Waals surface area (Å²) in [5.41, 5.74) is 1.64. The van der Waals surface area contributed by atoms with Crippen molar-refractivity contribution >= 4 is 22.6 Å². The van der Waals surface area contributed by atoms with Crippen molar-refractivity contribution in [2.45, 2.75) is 38.3 Å². The zero-order valence-corrected chi connectivity index (χ0v) is 12.2. The molecule has 0 saturated carbocycles. The van der Waals surface area contributed by atoms with Crippen LogP contribution in [0.5, 0.6) is 0 Å². The van der Waals surface area contributed by atoms with Gasteiger partial charge in [0.25, 0.3) is 0 Å². The number of ether oxygens (including phenoxy) is 1. The zero-order valence-electron chi connectivity index (χ0n) is 11.5. The molecule has 2 atom stereocenters. The highest BCUT2D eigenvalue weighted by Crippen LogP contribution is 2.29. The Morgan fingerprint density at radius 2 is 2.40 bits per heavy atom. The summed E-state index contributed by atoms with van der Waals surface area (Å²) in [5.74, 6) is 1.17. The van der Waals surface area contributed by atoms with Crippen molar-refractivity contribution in [1.82, 2.24) is 9.55 Å². The fraction of sp³-hybridized carbons (Fsp3) is 0.533. The molecule has 2 aromatic rings. The number of aromatic nitrogens is 2. The highest BCUT2D eigenvalue weighted by atomic mass is 35.5. The molecule has 1 saturated heterocycles. The molecule has 5 heteroatoms. The van der Waals surface area contributed by atoms with Crippen LogP contribution >= 0.6 is 11.6 Å². The van der Waals surface area contributed by atoms with E-state index in [0.717, 1.165) is 36.3 Å². The molecular weight excluding hydrogens is 279 g/mol. The Labute approximate surface area is 122 Å². The molecule has 1 aromatic heterocycles. The Hall–Kier alpha value is -1.13. The number of halogens is 2. The van der Waals surface area contributed by atoms with Crippen molar-refractivity contribution in [2.75, 3.05) is 12.5 Å². The highest BCUT2D eigenvalue weighted by molar-refractivity contribution is 6.17. The fourth-order valence-electron chi connectivity index (χ4n) is 2.98. The first-order chi connectivity index (χ1) is 9.70. The van der Waals surface area contributed by atoms with Crippen LogP contribution in [0.4, 0.5) is 4.39 Å². The molecule has 2 unspecified atom stereocenters. The second-order valence-electron chi connectivity index (χ2n) is 5.26. The third-order valence-corrected chi connectivity index (χ3v) is 4.14. The Kier molecular flexibility index (Phi) is 3.94. The van der Waals surface area contributed by atoms with Crippen LogP contribution in [0, 0.1) is 5.82 Å². The summed E-state index contributed by atoms with van der Waals surface area (Å²) in [6, 6.07) is 4.86. The maximum Gasteiger partial charge on any atom is 0.125 e. The lowest BCUT2D eigenvalue weighted by Crippen LogP contribution is -2.22. The molecule has 3 nitrogen and oxygen atoms in total. The van der Waals surface area contributed by atoms with E-state index in [1.807, 2.05) is 0 Å². The van der Waals surface area contributed by atoms with E-state index < -0.39 is 0 Å². The van der Waals surface area contributed by atoms with Gasteiger partial charge in [-0.2, -0.15) is 0 Å². The van der Waals surface area contributed by atoms with E-state index in [4.69, 9.17) is 16.3 Å².